The van der Waals surface area contributed by atoms with Gasteiger partial charge in [-0.1, -0.05) is 30.3 Å². The molecule has 0 aliphatic heterocycles. The zero-order valence-corrected chi connectivity index (χ0v) is 20.1. The van der Waals surface area contributed by atoms with Crippen molar-refractivity contribution in [3.8, 4) is 0 Å². The first kappa shape index (κ1) is 23.8. The summed E-state index contributed by atoms with van der Waals surface area (Å²) in [6.45, 7) is 8.53. The monoisotopic (exact) mass is 501 g/mol. The van der Waals surface area contributed by atoms with Crippen LogP contribution in [0.5, 0.6) is 0 Å². The highest BCUT2D eigenvalue weighted by molar-refractivity contribution is 14.0. The molecular formula is C20H32IN5S. The van der Waals surface area contributed by atoms with Gasteiger partial charge >= 0.3 is 0 Å². The molecule has 1 atom stereocenters. The summed E-state index contributed by atoms with van der Waals surface area (Å²) in [5, 5.41) is 7.88. The summed E-state index contributed by atoms with van der Waals surface area (Å²) < 4.78 is 0. The normalized spacial score (nSPS) is 12.6. The molecule has 0 amide bonds. The van der Waals surface area contributed by atoms with Crippen molar-refractivity contribution in [3.05, 3.63) is 51.5 Å². The number of halogens is 1. The van der Waals surface area contributed by atoms with E-state index >= 15 is 0 Å². The predicted octanol–water partition coefficient (Wildman–Crippen LogP) is 3.61. The molecule has 0 aliphatic carbocycles. The van der Waals surface area contributed by atoms with Gasteiger partial charge in [0, 0.05) is 24.0 Å². The Kier molecular flexibility index (Phi) is 10.9. The van der Waals surface area contributed by atoms with Crippen molar-refractivity contribution < 1.29 is 0 Å². The van der Waals surface area contributed by atoms with E-state index in [9.17, 15) is 0 Å². The van der Waals surface area contributed by atoms with E-state index in [1.54, 1.807) is 11.3 Å². The standard InChI is InChI=1S/C20H31N5S.HI/c1-6-21-20(23-14-19-24-15(2)16(3)26-19)22-13-18(25(4)5)12-17-10-8-7-9-11-17;/h7-11,18H,6,12-14H2,1-5H3,(H2,21,22,23);1H. The Morgan fingerprint density at radius 3 is 2.44 bits per heavy atom. The Bertz CT molecular complexity index is 680. The van der Waals surface area contributed by atoms with Crippen LogP contribution in [0.25, 0.3) is 0 Å². The molecule has 27 heavy (non-hydrogen) atoms. The van der Waals surface area contributed by atoms with Crippen molar-refractivity contribution in [2.75, 3.05) is 27.2 Å². The minimum Gasteiger partial charge on any atom is -0.357 e. The summed E-state index contributed by atoms with van der Waals surface area (Å²) in [4.78, 5) is 12.8. The van der Waals surface area contributed by atoms with Crippen molar-refractivity contribution in [3.63, 3.8) is 0 Å². The molecule has 2 aromatic rings. The van der Waals surface area contributed by atoms with E-state index in [-0.39, 0.29) is 24.0 Å². The minimum atomic E-state index is 0. The first-order chi connectivity index (χ1) is 12.5. The van der Waals surface area contributed by atoms with Gasteiger partial charge in [0.25, 0.3) is 0 Å². The Morgan fingerprint density at radius 1 is 1.19 bits per heavy atom. The van der Waals surface area contributed by atoms with Crippen LogP contribution in [0.4, 0.5) is 0 Å². The molecule has 0 aliphatic rings. The number of nitrogens with one attached hydrogen (secondary N) is 2. The molecule has 0 fully saturated rings. The molecule has 150 valence electrons. The Labute approximate surface area is 184 Å². The van der Waals surface area contributed by atoms with Gasteiger partial charge in [-0.15, -0.1) is 35.3 Å². The van der Waals surface area contributed by atoms with E-state index in [1.807, 2.05) is 6.92 Å². The molecule has 7 heteroatoms. The molecular weight excluding hydrogens is 469 g/mol. The van der Waals surface area contributed by atoms with E-state index in [4.69, 9.17) is 4.99 Å². The molecule has 0 bridgehead atoms. The number of rotatable bonds is 8. The average molecular weight is 501 g/mol. The maximum atomic E-state index is 4.70. The molecule has 1 heterocycles. The maximum absolute atomic E-state index is 4.70. The van der Waals surface area contributed by atoms with Crippen molar-refractivity contribution in [2.45, 2.75) is 39.8 Å². The summed E-state index contributed by atoms with van der Waals surface area (Å²) in [6, 6.07) is 11.0. The molecule has 0 spiro atoms. The van der Waals surface area contributed by atoms with Gasteiger partial charge < -0.3 is 15.5 Å². The SMILES string of the molecule is CCNC(=NCc1nc(C)c(C)s1)NCC(Cc1ccccc1)N(C)C.I. The molecule has 0 radical (unpaired) electrons. The van der Waals surface area contributed by atoms with E-state index in [0.717, 1.165) is 36.2 Å². The lowest BCUT2D eigenvalue weighted by atomic mass is 10.1. The molecule has 2 rings (SSSR count). The van der Waals surface area contributed by atoms with Crippen LogP contribution in [-0.2, 0) is 13.0 Å². The van der Waals surface area contributed by atoms with Crippen molar-refractivity contribution >= 4 is 41.3 Å². The quantitative estimate of drug-likeness (QED) is 0.330. The summed E-state index contributed by atoms with van der Waals surface area (Å²) in [5.74, 6) is 0.845. The van der Waals surface area contributed by atoms with E-state index < -0.39 is 0 Å². The number of thiazole rings is 1. The van der Waals surface area contributed by atoms with Crippen LogP contribution in [0.1, 0.15) is 28.1 Å². The fourth-order valence-corrected chi connectivity index (χ4v) is 3.49. The molecule has 0 saturated heterocycles. The van der Waals surface area contributed by atoms with Gasteiger partial charge in [-0.2, -0.15) is 0 Å². The fraction of sp³-hybridized carbons (Fsp3) is 0.500. The highest BCUT2D eigenvalue weighted by Gasteiger charge is 2.13. The number of guanidine groups is 1. The number of aliphatic imine (C=N–C) groups is 1. The lowest BCUT2D eigenvalue weighted by Gasteiger charge is -2.25. The van der Waals surface area contributed by atoms with E-state index in [1.165, 1.54) is 10.4 Å². The molecule has 1 aromatic heterocycles. The number of benzene rings is 1. The van der Waals surface area contributed by atoms with E-state index in [2.05, 4.69) is 78.8 Å². The Morgan fingerprint density at radius 2 is 1.89 bits per heavy atom. The van der Waals surface area contributed by atoms with Gasteiger partial charge in [0.05, 0.1) is 12.2 Å². The summed E-state index contributed by atoms with van der Waals surface area (Å²) >= 11 is 1.72. The molecule has 5 nitrogen and oxygen atoms in total. The Balaban J connectivity index is 0.00000364. The van der Waals surface area contributed by atoms with Gasteiger partial charge in [-0.25, -0.2) is 9.98 Å². The van der Waals surface area contributed by atoms with Gasteiger partial charge in [-0.05, 0) is 46.9 Å². The largest absolute Gasteiger partial charge is 0.357 e. The van der Waals surface area contributed by atoms with Gasteiger partial charge in [0.15, 0.2) is 5.96 Å². The average Bonchev–Trinajstić information content (AvgIpc) is 2.94. The summed E-state index contributed by atoms with van der Waals surface area (Å²) in [6.07, 6.45) is 1.01. The molecule has 1 unspecified atom stereocenters. The van der Waals surface area contributed by atoms with Crippen LogP contribution >= 0.6 is 35.3 Å². The van der Waals surface area contributed by atoms with Gasteiger partial charge in [0.2, 0.25) is 0 Å². The highest BCUT2D eigenvalue weighted by Crippen LogP contribution is 2.16. The van der Waals surface area contributed by atoms with Gasteiger partial charge in [0.1, 0.15) is 5.01 Å². The van der Waals surface area contributed by atoms with Crippen LogP contribution in [0, 0.1) is 13.8 Å². The van der Waals surface area contributed by atoms with Crippen LogP contribution in [0.3, 0.4) is 0 Å². The maximum Gasteiger partial charge on any atom is 0.191 e. The second-order valence-electron chi connectivity index (χ2n) is 6.63. The zero-order chi connectivity index (χ0) is 18.9. The van der Waals surface area contributed by atoms with Crippen LogP contribution in [0.15, 0.2) is 35.3 Å². The topological polar surface area (TPSA) is 52.6 Å². The number of aryl methyl sites for hydroxylation is 2. The van der Waals surface area contributed by atoms with Gasteiger partial charge in [-0.3, -0.25) is 0 Å². The van der Waals surface area contributed by atoms with Crippen LogP contribution < -0.4 is 10.6 Å². The molecule has 0 saturated carbocycles. The van der Waals surface area contributed by atoms with E-state index in [0.29, 0.717) is 12.6 Å². The van der Waals surface area contributed by atoms with Crippen molar-refractivity contribution in [1.29, 1.82) is 0 Å². The minimum absolute atomic E-state index is 0. The second kappa shape index (κ2) is 12.3. The highest BCUT2D eigenvalue weighted by atomic mass is 127. The van der Waals surface area contributed by atoms with Crippen LogP contribution in [-0.4, -0.2) is 49.1 Å². The fourth-order valence-electron chi connectivity index (χ4n) is 2.63. The number of hydrogen-bond donors (Lipinski definition) is 2. The Hall–Kier alpha value is -1.19. The predicted molar refractivity (Wildman–Crippen MR) is 127 cm³/mol. The molecule has 2 N–H and O–H groups in total. The number of aromatic nitrogens is 1. The number of hydrogen-bond acceptors (Lipinski definition) is 4. The lowest BCUT2D eigenvalue weighted by Crippen LogP contribution is -2.46. The summed E-state index contributed by atoms with van der Waals surface area (Å²) in [5.41, 5.74) is 2.46. The lowest BCUT2D eigenvalue weighted by molar-refractivity contribution is 0.290. The first-order valence-electron chi connectivity index (χ1n) is 9.15. The summed E-state index contributed by atoms with van der Waals surface area (Å²) in [7, 11) is 4.25. The number of likely N-dealkylation sites (N-methyl/N-ethyl adjacent to an activating group) is 1. The third kappa shape index (κ3) is 8.15. The van der Waals surface area contributed by atoms with Crippen LogP contribution in [0.2, 0.25) is 0 Å². The number of nitrogens with zero attached hydrogens (tertiary/aromatic N) is 3. The smallest absolute Gasteiger partial charge is 0.191 e. The van der Waals surface area contributed by atoms with Crippen molar-refractivity contribution in [2.24, 2.45) is 4.99 Å². The zero-order valence-electron chi connectivity index (χ0n) is 17.0. The third-order valence-electron chi connectivity index (χ3n) is 4.34. The van der Waals surface area contributed by atoms with Crippen molar-refractivity contribution in [1.82, 2.24) is 20.5 Å². The third-order valence-corrected chi connectivity index (χ3v) is 5.40. The second-order valence-corrected chi connectivity index (χ2v) is 7.92. The first-order valence-corrected chi connectivity index (χ1v) is 9.96. The molecule has 1 aromatic carbocycles.